The van der Waals surface area contributed by atoms with Crippen molar-refractivity contribution in [2.75, 3.05) is 18.4 Å². The smallest absolute Gasteiger partial charge is 0.308 e. The summed E-state index contributed by atoms with van der Waals surface area (Å²) in [7, 11) is 0. The minimum atomic E-state index is -0.718. The number of anilines is 1. The molecule has 1 unspecified atom stereocenters. The van der Waals surface area contributed by atoms with Crippen LogP contribution in [0.15, 0.2) is 30.3 Å². The van der Waals surface area contributed by atoms with Crippen LogP contribution in [0.1, 0.15) is 13.8 Å². The first-order valence-corrected chi connectivity index (χ1v) is 6.27. The Balaban J connectivity index is 1.99. The van der Waals surface area contributed by atoms with Crippen LogP contribution < -0.4 is 10.6 Å². The van der Waals surface area contributed by atoms with Crippen molar-refractivity contribution < 1.29 is 9.90 Å². The number of benzene rings is 1. The van der Waals surface area contributed by atoms with E-state index in [1.807, 2.05) is 44.2 Å². The molecule has 0 spiro atoms. The van der Waals surface area contributed by atoms with Crippen LogP contribution in [-0.4, -0.2) is 29.7 Å². The lowest BCUT2D eigenvalue weighted by Crippen LogP contribution is -2.43. The summed E-state index contributed by atoms with van der Waals surface area (Å²) >= 11 is 0. The Labute approximate surface area is 107 Å². The van der Waals surface area contributed by atoms with Gasteiger partial charge in [0.15, 0.2) is 0 Å². The highest BCUT2D eigenvalue weighted by atomic mass is 16.4. The average molecular weight is 248 g/mol. The molecule has 4 heteroatoms. The zero-order valence-electron chi connectivity index (χ0n) is 10.8. The normalized spacial score (nSPS) is 25.9. The Hall–Kier alpha value is -1.55. The molecule has 1 fully saturated rings. The maximum absolute atomic E-state index is 11.4. The van der Waals surface area contributed by atoms with Gasteiger partial charge in [-0.25, -0.2) is 0 Å². The summed E-state index contributed by atoms with van der Waals surface area (Å²) in [6, 6.07) is 9.87. The van der Waals surface area contributed by atoms with Crippen LogP contribution in [0.5, 0.6) is 0 Å². The molecule has 0 radical (unpaired) electrons. The second-order valence-electron chi connectivity index (χ2n) is 5.43. The number of aliphatic carboxylic acids is 1. The highest BCUT2D eigenvalue weighted by molar-refractivity contribution is 5.73. The first kappa shape index (κ1) is 12.9. The first-order valence-electron chi connectivity index (χ1n) is 6.27. The fourth-order valence-electron chi connectivity index (χ4n) is 2.72. The zero-order valence-corrected chi connectivity index (χ0v) is 10.8. The van der Waals surface area contributed by atoms with Gasteiger partial charge in [-0.1, -0.05) is 18.2 Å². The lowest BCUT2D eigenvalue weighted by Gasteiger charge is -2.26. The van der Waals surface area contributed by atoms with Crippen LogP contribution in [0.4, 0.5) is 5.69 Å². The molecule has 0 amide bonds. The van der Waals surface area contributed by atoms with Crippen LogP contribution in [-0.2, 0) is 4.79 Å². The molecule has 0 aliphatic carbocycles. The lowest BCUT2D eigenvalue weighted by atomic mass is 9.82. The molecule has 2 atom stereocenters. The quantitative estimate of drug-likeness (QED) is 0.760. The second-order valence-corrected chi connectivity index (χ2v) is 5.43. The molecule has 0 bridgehead atoms. The molecule has 98 valence electrons. The standard InChI is InChI=1S/C14H20N2O2/c1-14(2)12(13(17)18)10(9-16-14)8-15-11-6-4-3-5-7-11/h3-7,10,12,15-16H,8-9H2,1-2H3,(H,17,18)/t10?,12-/m1/s1. The van der Waals surface area contributed by atoms with E-state index in [2.05, 4.69) is 10.6 Å². The Morgan fingerprint density at radius 1 is 1.44 bits per heavy atom. The third-order valence-corrected chi connectivity index (χ3v) is 3.68. The molecule has 0 saturated carbocycles. The Morgan fingerprint density at radius 3 is 2.72 bits per heavy atom. The molecular formula is C14H20N2O2. The van der Waals surface area contributed by atoms with Gasteiger partial charge in [-0.05, 0) is 26.0 Å². The first-order chi connectivity index (χ1) is 8.50. The molecule has 4 nitrogen and oxygen atoms in total. The number of carboxylic acid groups (broad SMARTS) is 1. The topological polar surface area (TPSA) is 61.4 Å². The Morgan fingerprint density at radius 2 is 2.11 bits per heavy atom. The molecule has 1 heterocycles. The number of hydrogen-bond acceptors (Lipinski definition) is 3. The molecule has 1 aromatic rings. The number of nitrogens with one attached hydrogen (secondary N) is 2. The summed E-state index contributed by atoms with van der Waals surface area (Å²) in [5.74, 6) is -0.962. The lowest BCUT2D eigenvalue weighted by molar-refractivity contribution is -0.144. The van der Waals surface area contributed by atoms with Gasteiger partial charge in [-0.3, -0.25) is 4.79 Å². The highest BCUT2D eigenvalue weighted by Crippen LogP contribution is 2.31. The average Bonchev–Trinajstić information content (AvgIpc) is 2.63. The molecule has 1 aliphatic heterocycles. The summed E-state index contributed by atoms with van der Waals surface area (Å²) in [5.41, 5.74) is 0.695. The van der Waals surface area contributed by atoms with Gasteiger partial charge in [0.2, 0.25) is 0 Å². The molecule has 1 saturated heterocycles. The van der Waals surface area contributed by atoms with Crippen LogP contribution in [0, 0.1) is 11.8 Å². The summed E-state index contributed by atoms with van der Waals surface area (Å²) in [6.45, 7) is 5.32. The maximum Gasteiger partial charge on any atom is 0.308 e. The van der Waals surface area contributed by atoms with Crippen molar-refractivity contribution in [2.45, 2.75) is 19.4 Å². The monoisotopic (exact) mass is 248 g/mol. The molecule has 0 aromatic heterocycles. The van der Waals surface area contributed by atoms with Gasteiger partial charge >= 0.3 is 5.97 Å². The fourth-order valence-corrected chi connectivity index (χ4v) is 2.72. The predicted molar refractivity (Wildman–Crippen MR) is 71.6 cm³/mol. The minimum Gasteiger partial charge on any atom is -0.481 e. The molecule has 2 rings (SSSR count). The van der Waals surface area contributed by atoms with Gasteiger partial charge in [0.1, 0.15) is 0 Å². The number of carbonyl (C=O) groups is 1. The number of carboxylic acids is 1. The van der Waals surface area contributed by atoms with Gasteiger partial charge in [-0.15, -0.1) is 0 Å². The van der Waals surface area contributed by atoms with Crippen molar-refractivity contribution in [3.63, 3.8) is 0 Å². The molecule has 1 aromatic carbocycles. The maximum atomic E-state index is 11.4. The fraction of sp³-hybridized carbons (Fsp3) is 0.500. The minimum absolute atomic E-state index is 0.109. The van der Waals surface area contributed by atoms with Crippen LogP contribution in [0.3, 0.4) is 0 Å². The Bertz CT molecular complexity index is 417. The summed E-state index contributed by atoms with van der Waals surface area (Å²) < 4.78 is 0. The SMILES string of the molecule is CC1(C)NCC(CNc2ccccc2)[C@@H]1C(=O)O. The molecule has 18 heavy (non-hydrogen) atoms. The third kappa shape index (κ3) is 2.64. The van der Waals surface area contributed by atoms with Crippen molar-refractivity contribution in [1.82, 2.24) is 5.32 Å². The van der Waals surface area contributed by atoms with E-state index in [4.69, 9.17) is 0 Å². The van der Waals surface area contributed by atoms with Crippen molar-refractivity contribution in [3.05, 3.63) is 30.3 Å². The van der Waals surface area contributed by atoms with Gasteiger partial charge in [0.25, 0.3) is 0 Å². The van der Waals surface area contributed by atoms with E-state index in [-0.39, 0.29) is 17.4 Å². The van der Waals surface area contributed by atoms with Crippen molar-refractivity contribution >= 4 is 11.7 Å². The van der Waals surface area contributed by atoms with Gasteiger partial charge in [0, 0.05) is 30.2 Å². The number of para-hydroxylation sites is 1. The van der Waals surface area contributed by atoms with Gasteiger partial charge in [-0.2, -0.15) is 0 Å². The predicted octanol–water partition coefficient (Wildman–Crippen LogP) is 1.80. The summed E-state index contributed by atoms with van der Waals surface area (Å²) in [4.78, 5) is 11.4. The summed E-state index contributed by atoms with van der Waals surface area (Å²) in [5, 5.41) is 15.9. The van der Waals surface area contributed by atoms with E-state index in [9.17, 15) is 9.90 Å². The van der Waals surface area contributed by atoms with Crippen molar-refractivity contribution in [2.24, 2.45) is 11.8 Å². The number of rotatable bonds is 4. The second kappa shape index (κ2) is 4.98. The third-order valence-electron chi connectivity index (χ3n) is 3.68. The van der Waals surface area contributed by atoms with E-state index in [0.717, 1.165) is 12.2 Å². The largest absolute Gasteiger partial charge is 0.481 e. The van der Waals surface area contributed by atoms with Gasteiger partial charge in [0.05, 0.1) is 5.92 Å². The van der Waals surface area contributed by atoms with E-state index >= 15 is 0 Å². The van der Waals surface area contributed by atoms with Crippen molar-refractivity contribution in [3.8, 4) is 0 Å². The summed E-state index contributed by atoms with van der Waals surface area (Å²) in [6.07, 6.45) is 0. The Kier molecular flexibility index (Phi) is 3.57. The van der Waals surface area contributed by atoms with E-state index in [0.29, 0.717) is 6.54 Å². The number of hydrogen-bond donors (Lipinski definition) is 3. The highest BCUT2D eigenvalue weighted by Gasteiger charge is 2.46. The van der Waals surface area contributed by atoms with Crippen LogP contribution in [0.25, 0.3) is 0 Å². The van der Waals surface area contributed by atoms with E-state index in [1.54, 1.807) is 0 Å². The van der Waals surface area contributed by atoms with Crippen LogP contribution >= 0.6 is 0 Å². The molecule has 1 aliphatic rings. The van der Waals surface area contributed by atoms with Gasteiger partial charge < -0.3 is 15.7 Å². The van der Waals surface area contributed by atoms with Crippen molar-refractivity contribution in [1.29, 1.82) is 0 Å². The zero-order chi connectivity index (χ0) is 13.2. The molecule has 3 N–H and O–H groups in total. The van der Waals surface area contributed by atoms with Crippen LogP contribution in [0.2, 0.25) is 0 Å². The van der Waals surface area contributed by atoms with E-state index < -0.39 is 5.97 Å². The molecular weight excluding hydrogens is 228 g/mol. The van der Waals surface area contributed by atoms with E-state index in [1.165, 1.54) is 0 Å².